The van der Waals surface area contributed by atoms with Crippen LogP contribution in [0.2, 0.25) is 10.0 Å². The summed E-state index contributed by atoms with van der Waals surface area (Å²) in [5, 5.41) is 15.1. The van der Waals surface area contributed by atoms with E-state index in [1.165, 1.54) is 6.07 Å². The Bertz CT molecular complexity index is 590. The molecule has 2 rings (SSSR count). The average molecular weight is 365 g/mol. The highest BCUT2D eigenvalue weighted by atomic mass is 35.5. The largest absolute Gasteiger partial charge is 0.395 e. The second-order valence-electron chi connectivity index (χ2n) is 5.97. The normalized spacial score (nSPS) is 22.0. The zero-order valence-electron chi connectivity index (χ0n) is 12.8. The monoisotopic (exact) mass is 364 g/mol. The number of carbonyl (C=O) groups is 1. The lowest BCUT2D eigenvalue weighted by atomic mass is 9.93. The predicted octanol–water partition coefficient (Wildman–Crippen LogP) is 1.83. The van der Waals surface area contributed by atoms with Crippen molar-refractivity contribution < 1.29 is 19.0 Å². The van der Waals surface area contributed by atoms with Gasteiger partial charge in [0, 0.05) is 12.1 Å². The van der Waals surface area contributed by atoms with Crippen molar-refractivity contribution in [3.05, 3.63) is 33.6 Å². The molecule has 1 fully saturated rings. The Balaban J connectivity index is 2.09. The standard InChI is InChI=1S/C15H19Cl2FN2O3/c1-15(2,9-3-10(16)11(17)4-12(9)18)20-14(22)13-5-19-8(6-21)7-23-13/h3-4,8,13,19,21H,5-7H2,1-2H3,(H,20,22)/t8-,13+/m1/s1. The van der Waals surface area contributed by atoms with Crippen molar-refractivity contribution in [2.45, 2.75) is 31.5 Å². The van der Waals surface area contributed by atoms with Gasteiger partial charge in [-0.1, -0.05) is 23.2 Å². The number of rotatable bonds is 4. The van der Waals surface area contributed by atoms with E-state index in [4.69, 9.17) is 33.0 Å². The summed E-state index contributed by atoms with van der Waals surface area (Å²) in [6.07, 6.45) is -0.706. The van der Waals surface area contributed by atoms with Crippen LogP contribution in [0.4, 0.5) is 4.39 Å². The Morgan fingerprint density at radius 3 is 2.70 bits per heavy atom. The molecule has 8 heteroatoms. The maximum atomic E-state index is 14.2. The Labute approximate surface area is 144 Å². The Kier molecular flexibility index (Phi) is 5.86. The van der Waals surface area contributed by atoms with Crippen LogP contribution in [-0.4, -0.2) is 42.9 Å². The van der Waals surface area contributed by atoms with E-state index in [-0.39, 0.29) is 47.3 Å². The van der Waals surface area contributed by atoms with Crippen LogP contribution in [0.25, 0.3) is 0 Å². The van der Waals surface area contributed by atoms with Gasteiger partial charge < -0.3 is 20.5 Å². The predicted molar refractivity (Wildman–Crippen MR) is 86.2 cm³/mol. The van der Waals surface area contributed by atoms with Crippen molar-refractivity contribution in [3.8, 4) is 0 Å². The molecule has 0 unspecified atom stereocenters. The van der Waals surface area contributed by atoms with Crippen LogP contribution in [0.1, 0.15) is 19.4 Å². The zero-order chi connectivity index (χ0) is 17.2. The average Bonchev–Trinajstić information content (AvgIpc) is 2.50. The number of benzene rings is 1. The van der Waals surface area contributed by atoms with Crippen LogP contribution >= 0.6 is 23.2 Å². The molecular formula is C15H19Cl2FN2O3. The summed E-state index contributed by atoms with van der Waals surface area (Å²) in [5.41, 5.74) is -0.760. The maximum absolute atomic E-state index is 14.2. The number of aliphatic hydroxyl groups is 1. The molecule has 2 atom stereocenters. The molecule has 1 amide bonds. The van der Waals surface area contributed by atoms with Gasteiger partial charge in [-0.05, 0) is 26.0 Å². The van der Waals surface area contributed by atoms with Gasteiger partial charge >= 0.3 is 0 Å². The highest BCUT2D eigenvalue weighted by molar-refractivity contribution is 6.42. The molecule has 1 aromatic rings. The molecule has 128 valence electrons. The maximum Gasteiger partial charge on any atom is 0.251 e. The molecule has 1 saturated heterocycles. The first-order valence-electron chi connectivity index (χ1n) is 7.17. The highest BCUT2D eigenvalue weighted by Gasteiger charge is 2.32. The number of aliphatic hydroxyl groups excluding tert-OH is 1. The number of morpholine rings is 1. The minimum atomic E-state index is -0.993. The first kappa shape index (κ1) is 18.4. The topological polar surface area (TPSA) is 70.6 Å². The molecule has 0 aliphatic carbocycles. The van der Waals surface area contributed by atoms with Crippen molar-refractivity contribution >= 4 is 29.1 Å². The molecule has 5 nitrogen and oxygen atoms in total. The van der Waals surface area contributed by atoms with Gasteiger partial charge in [0.25, 0.3) is 5.91 Å². The van der Waals surface area contributed by atoms with E-state index in [1.54, 1.807) is 13.8 Å². The van der Waals surface area contributed by atoms with Crippen molar-refractivity contribution in [1.82, 2.24) is 10.6 Å². The molecule has 0 radical (unpaired) electrons. The third-order valence-corrected chi connectivity index (χ3v) is 4.44. The summed E-state index contributed by atoms with van der Waals surface area (Å²) in [4.78, 5) is 12.3. The van der Waals surface area contributed by atoms with Crippen LogP contribution in [0.5, 0.6) is 0 Å². The number of halogens is 3. The highest BCUT2D eigenvalue weighted by Crippen LogP contribution is 2.31. The van der Waals surface area contributed by atoms with Crippen molar-refractivity contribution in [2.75, 3.05) is 19.8 Å². The molecule has 23 heavy (non-hydrogen) atoms. The smallest absolute Gasteiger partial charge is 0.251 e. The second-order valence-corrected chi connectivity index (χ2v) is 6.78. The van der Waals surface area contributed by atoms with Crippen molar-refractivity contribution in [2.24, 2.45) is 0 Å². The molecule has 0 bridgehead atoms. The zero-order valence-corrected chi connectivity index (χ0v) is 14.3. The lowest BCUT2D eigenvalue weighted by molar-refractivity contribution is -0.137. The Hall–Kier alpha value is -0.920. The fourth-order valence-corrected chi connectivity index (χ4v) is 2.68. The fraction of sp³-hybridized carbons (Fsp3) is 0.533. The summed E-state index contributed by atoms with van der Waals surface area (Å²) < 4.78 is 19.6. The molecule has 1 heterocycles. The van der Waals surface area contributed by atoms with Gasteiger partial charge in [0.15, 0.2) is 0 Å². The summed E-state index contributed by atoms with van der Waals surface area (Å²) in [7, 11) is 0. The molecule has 3 N–H and O–H groups in total. The second kappa shape index (κ2) is 7.32. The number of ether oxygens (including phenoxy) is 1. The van der Waals surface area contributed by atoms with Crippen LogP contribution in [-0.2, 0) is 15.1 Å². The van der Waals surface area contributed by atoms with E-state index in [1.807, 2.05) is 0 Å². The molecule has 1 aliphatic heterocycles. The fourth-order valence-electron chi connectivity index (χ4n) is 2.37. The summed E-state index contributed by atoms with van der Waals surface area (Å²) in [5.74, 6) is -0.919. The van der Waals surface area contributed by atoms with Gasteiger partial charge in [0.05, 0.1) is 34.8 Å². The number of hydrogen-bond acceptors (Lipinski definition) is 4. The van der Waals surface area contributed by atoms with Gasteiger partial charge in [-0.2, -0.15) is 0 Å². The van der Waals surface area contributed by atoms with Crippen molar-refractivity contribution in [3.63, 3.8) is 0 Å². The third kappa shape index (κ3) is 4.33. The van der Waals surface area contributed by atoms with Gasteiger partial charge in [-0.25, -0.2) is 4.39 Å². The van der Waals surface area contributed by atoms with E-state index < -0.39 is 17.5 Å². The lowest BCUT2D eigenvalue weighted by Crippen LogP contribution is -2.56. The van der Waals surface area contributed by atoms with Crippen LogP contribution in [0.15, 0.2) is 12.1 Å². The van der Waals surface area contributed by atoms with Gasteiger partial charge in [-0.3, -0.25) is 4.79 Å². The molecule has 0 aromatic heterocycles. The minimum absolute atomic E-state index is 0.0612. The van der Waals surface area contributed by atoms with Crippen molar-refractivity contribution in [1.29, 1.82) is 0 Å². The van der Waals surface area contributed by atoms with E-state index >= 15 is 0 Å². The van der Waals surface area contributed by atoms with Gasteiger partial charge in [-0.15, -0.1) is 0 Å². The molecular weight excluding hydrogens is 346 g/mol. The van der Waals surface area contributed by atoms with Gasteiger partial charge in [0.2, 0.25) is 0 Å². The van der Waals surface area contributed by atoms with E-state index in [0.717, 1.165) is 6.07 Å². The minimum Gasteiger partial charge on any atom is -0.395 e. The first-order valence-corrected chi connectivity index (χ1v) is 7.93. The molecule has 1 aromatic carbocycles. The van der Waals surface area contributed by atoms with Crippen LogP contribution in [0.3, 0.4) is 0 Å². The summed E-state index contributed by atoms with van der Waals surface area (Å²) in [6, 6.07) is 2.35. The van der Waals surface area contributed by atoms with Crippen LogP contribution < -0.4 is 10.6 Å². The Morgan fingerprint density at radius 1 is 1.48 bits per heavy atom. The number of hydrogen-bond donors (Lipinski definition) is 3. The molecule has 0 spiro atoms. The first-order chi connectivity index (χ1) is 10.7. The molecule has 0 saturated carbocycles. The van der Waals surface area contributed by atoms with E-state index in [9.17, 15) is 9.18 Å². The summed E-state index contributed by atoms with van der Waals surface area (Å²) in [6.45, 7) is 3.78. The number of carbonyl (C=O) groups excluding carboxylic acids is 1. The van der Waals surface area contributed by atoms with E-state index in [2.05, 4.69) is 10.6 Å². The van der Waals surface area contributed by atoms with Gasteiger partial charge in [0.1, 0.15) is 11.9 Å². The third-order valence-electron chi connectivity index (χ3n) is 3.72. The number of nitrogens with one attached hydrogen (secondary N) is 2. The lowest BCUT2D eigenvalue weighted by Gasteiger charge is -2.33. The quantitative estimate of drug-likeness (QED) is 0.712. The Morgan fingerprint density at radius 2 is 2.13 bits per heavy atom. The SMILES string of the molecule is CC(C)(NC(=O)[C@@H]1CN[C@H](CO)CO1)c1cc(Cl)c(Cl)cc1F. The van der Waals surface area contributed by atoms with Crippen LogP contribution in [0, 0.1) is 5.82 Å². The van der Waals surface area contributed by atoms with E-state index in [0.29, 0.717) is 0 Å². The molecule has 1 aliphatic rings. The number of amides is 1. The summed E-state index contributed by atoms with van der Waals surface area (Å²) >= 11 is 11.7.